The molecule has 0 saturated heterocycles. The van der Waals surface area contributed by atoms with Crippen molar-refractivity contribution in [2.45, 2.75) is 6.92 Å². The summed E-state index contributed by atoms with van der Waals surface area (Å²) in [6.45, 7) is 2.14. The fraction of sp³-hybridized carbons (Fsp3) is 0.125. The summed E-state index contributed by atoms with van der Waals surface area (Å²) in [5.41, 5.74) is 6.12. The molecule has 1 N–H and O–H groups in total. The summed E-state index contributed by atoms with van der Waals surface area (Å²) < 4.78 is 10.7. The van der Waals surface area contributed by atoms with Gasteiger partial charge in [0.05, 0.1) is 25.0 Å². The van der Waals surface area contributed by atoms with Gasteiger partial charge in [-0.1, -0.05) is 48.5 Å². The molecular weight excluding hydrogens is 350 g/mol. The van der Waals surface area contributed by atoms with Crippen LogP contribution in [0.1, 0.15) is 17.3 Å². The first-order valence-corrected chi connectivity index (χ1v) is 9.24. The molecule has 0 bridgehead atoms. The number of carbonyl (C=O) groups is 1. The van der Waals surface area contributed by atoms with E-state index in [1.54, 1.807) is 7.11 Å². The van der Waals surface area contributed by atoms with E-state index in [-0.39, 0.29) is 5.97 Å². The first-order valence-electron chi connectivity index (χ1n) is 9.24. The number of fused-ring (bicyclic) bond motifs is 1. The predicted molar refractivity (Wildman–Crippen MR) is 111 cm³/mol. The number of ether oxygens (including phenoxy) is 2. The van der Waals surface area contributed by atoms with Crippen molar-refractivity contribution in [1.82, 2.24) is 4.98 Å². The number of methoxy groups -OCH3 is 1. The molecule has 0 aromatic heterocycles. The van der Waals surface area contributed by atoms with Gasteiger partial charge in [-0.15, -0.1) is 0 Å². The predicted octanol–water partition coefficient (Wildman–Crippen LogP) is 5.64. The van der Waals surface area contributed by atoms with Crippen molar-refractivity contribution in [3.63, 3.8) is 0 Å². The highest BCUT2D eigenvalue weighted by atomic mass is 16.5. The molecule has 1 aliphatic carbocycles. The summed E-state index contributed by atoms with van der Waals surface area (Å²) in [5, 5.41) is 0. The SMILES string of the molecule is CCOC(=O)c1c(-c2ccc(OC)cc2)c2ccc[nH]c-2c1-c1ccccc1. The molecule has 0 amide bonds. The Hall–Kier alpha value is -3.53. The Bertz CT molecular complexity index is 1060. The lowest BCUT2D eigenvalue weighted by atomic mass is 9.98. The smallest absolute Gasteiger partial charge is 0.339 e. The second kappa shape index (κ2) is 7.61. The number of carbonyl (C=O) groups excluding carboxylic acids is 1. The molecule has 4 rings (SSSR count). The van der Waals surface area contributed by atoms with Gasteiger partial charge in [-0.2, -0.15) is 0 Å². The standard InChI is InChI=1S/C24H21NO3/c1-3-28-24(26)22-20(17-11-13-18(27-2)14-12-17)19-10-7-15-25-23(19)21(22)16-8-5-4-6-9-16/h4-15,25H,3H2,1-2H3. The minimum absolute atomic E-state index is 0.320. The van der Waals surface area contributed by atoms with Crippen LogP contribution in [-0.4, -0.2) is 24.7 Å². The maximum absolute atomic E-state index is 13.1. The third kappa shape index (κ3) is 3.03. The number of hydrogen-bond donors (Lipinski definition) is 1. The van der Waals surface area contributed by atoms with Gasteiger partial charge in [0.1, 0.15) is 5.75 Å². The van der Waals surface area contributed by atoms with E-state index in [1.165, 1.54) is 0 Å². The summed E-state index contributed by atoms with van der Waals surface area (Å²) in [5.74, 6) is 0.448. The van der Waals surface area contributed by atoms with Gasteiger partial charge in [0, 0.05) is 22.9 Å². The Morgan fingerprint density at radius 2 is 1.61 bits per heavy atom. The van der Waals surface area contributed by atoms with E-state index in [4.69, 9.17) is 9.47 Å². The molecule has 0 fully saturated rings. The van der Waals surface area contributed by atoms with Crippen LogP contribution in [-0.2, 0) is 4.74 Å². The number of H-pyrrole nitrogens is 1. The first kappa shape index (κ1) is 17.9. The number of esters is 1. The second-order valence-corrected chi connectivity index (χ2v) is 6.40. The third-order valence-corrected chi connectivity index (χ3v) is 4.80. The Morgan fingerprint density at radius 3 is 2.29 bits per heavy atom. The lowest BCUT2D eigenvalue weighted by Gasteiger charge is -2.09. The van der Waals surface area contributed by atoms with Gasteiger partial charge in [0.25, 0.3) is 0 Å². The monoisotopic (exact) mass is 371 g/mol. The quantitative estimate of drug-likeness (QED) is 0.462. The van der Waals surface area contributed by atoms with Gasteiger partial charge >= 0.3 is 5.97 Å². The van der Waals surface area contributed by atoms with Crippen LogP contribution in [0.5, 0.6) is 5.75 Å². The van der Waals surface area contributed by atoms with Gasteiger partial charge in [-0.3, -0.25) is 0 Å². The van der Waals surface area contributed by atoms with Gasteiger partial charge < -0.3 is 14.5 Å². The number of nitrogens with one attached hydrogen (secondary N) is 1. The van der Waals surface area contributed by atoms with Crippen molar-refractivity contribution in [3.8, 4) is 39.3 Å². The normalized spacial score (nSPS) is 10.8. The Kier molecular flexibility index (Phi) is 4.85. The number of rotatable bonds is 5. The molecule has 0 saturated carbocycles. The number of hydrogen-bond acceptors (Lipinski definition) is 3. The minimum atomic E-state index is -0.322. The topological polar surface area (TPSA) is 51.3 Å². The highest BCUT2D eigenvalue weighted by molar-refractivity contribution is 6.13. The molecule has 140 valence electrons. The highest BCUT2D eigenvalue weighted by Crippen LogP contribution is 2.47. The summed E-state index contributed by atoms with van der Waals surface area (Å²) >= 11 is 0. The van der Waals surface area contributed by atoms with Crippen LogP contribution in [0.25, 0.3) is 33.5 Å². The summed E-state index contributed by atoms with van der Waals surface area (Å²) in [4.78, 5) is 16.4. The Balaban J connectivity index is 2.05. The van der Waals surface area contributed by atoms with E-state index < -0.39 is 0 Å². The fourth-order valence-corrected chi connectivity index (χ4v) is 3.60. The largest absolute Gasteiger partial charge is 0.497 e. The van der Waals surface area contributed by atoms with Crippen molar-refractivity contribution >= 4 is 5.97 Å². The molecule has 2 aliphatic rings. The number of pyridine rings is 1. The van der Waals surface area contributed by atoms with Crippen LogP contribution in [0.4, 0.5) is 0 Å². The van der Waals surface area contributed by atoms with Gasteiger partial charge in [0.15, 0.2) is 0 Å². The van der Waals surface area contributed by atoms with Crippen LogP contribution in [0.2, 0.25) is 0 Å². The van der Waals surface area contributed by atoms with E-state index in [9.17, 15) is 4.79 Å². The number of aromatic amines is 1. The van der Waals surface area contributed by atoms with Crippen LogP contribution in [0, 0.1) is 0 Å². The fourth-order valence-electron chi connectivity index (χ4n) is 3.60. The zero-order valence-corrected chi connectivity index (χ0v) is 15.9. The van der Waals surface area contributed by atoms with Crippen LogP contribution >= 0.6 is 0 Å². The lowest BCUT2D eigenvalue weighted by molar-refractivity contribution is 0.0528. The average Bonchev–Trinajstić information content (AvgIpc) is 3.10. The van der Waals surface area contributed by atoms with Crippen LogP contribution in [0.3, 0.4) is 0 Å². The van der Waals surface area contributed by atoms with E-state index in [2.05, 4.69) is 4.98 Å². The van der Waals surface area contributed by atoms with Crippen molar-refractivity contribution in [2.24, 2.45) is 0 Å². The molecule has 0 radical (unpaired) electrons. The van der Waals surface area contributed by atoms with E-state index in [0.29, 0.717) is 12.2 Å². The molecule has 28 heavy (non-hydrogen) atoms. The average molecular weight is 371 g/mol. The zero-order chi connectivity index (χ0) is 19.5. The van der Waals surface area contributed by atoms with Gasteiger partial charge in [0.2, 0.25) is 0 Å². The van der Waals surface area contributed by atoms with E-state index >= 15 is 0 Å². The van der Waals surface area contributed by atoms with Gasteiger partial charge in [-0.25, -0.2) is 4.79 Å². The molecule has 1 aliphatic heterocycles. The molecule has 0 spiro atoms. The second-order valence-electron chi connectivity index (χ2n) is 6.40. The summed E-state index contributed by atoms with van der Waals surface area (Å²) in [6.07, 6.45) is 1.88. The first-order chi connectivity index (χ1) is 13.7. The summed E-state index contributed by atoms with van der Waals surface area (Å²) in [6, 6.07) is 21.6. The number of benzene rings is 2. The third-order valence-electron chi connectivity index (χ3n) is 4.80. The van der Waals surface area contributed by atoms with Crippen molar-refractivity contribution < 1.29 is 14.3 Å². The molecule has 0 unspecified atom stereocenters. The maximum atomic E-state index is 13.1. The van der Waals surface area contributed by atoms with E-state index in [1.807, 2.05) is 79.9 Å². The molecule has 2 aromatic rings. The van der Waals surface area contributed by atoms with E-state index in [0.717, 1.165) is 39.3 Å². The molecule has 2 aromatic carbocycles. The lowest BCUT2D eigenvalue weighted by Crippen LogP contribution is -2.06. The summed E-state index contributed by atoms with van der Waals surface area (Å²) in [7, 11) is 1.64. The minimum Gasteiger partial charge on any atom is -0.497 e. The van der Waals surface area contributed by atoms with Crippen LogP contribution in [0.15, 0.2) is 72.9 Å². The molecule has 4 heteroatoms. The Labute approximate surface area is 164 Å². The number of aromatic nitrogens is 1. The molecule has 0 atom stereocenters. The van der Waals surface area contributed by atoms with Gasteiger partial charge in [-0.05, 0) is 36.2 Å². The van der Waals surface area contributed by atoms with Crippen molar-refractivity contribution in [2.75, 3.05) is 13.7 Å². The van der Waals surface area contributed by atoms with Crippen molar-refractivity contribution in [1.29, 1.82) is 0 Å². The zero-order valence-electron chi connectivity index (χ0n) is 15.9. The Morgan fingerprint density at radius 1 is 0.893 bits per heavy atom. The maximum Gasteiger partial charge on any atom is 0.339 e. The molecular formula is C24H21NO3. The molecule has 1 heterocycles. The highest BCUT2D eigenvalue weighted by Gasteiger charge is 2.30. The molecule has 4 nitrogen and oxygen atoms in total. The van der Waals surface area contributed by atoms with Crippen molar-refractivity contribution in [3.05, 3.63) is 78.5 Å². The van der Waals surface area contributed by atoms with Crippen LogP contribution < -0.4 is 4.74 Å².